The highest BCUT2D eigenvalue weighted by atomic mass is 16.5. The molecule has 0 aromatic heterocycles. The Hall–Kier alpha value is -2.42. The quantitative estimate of drug-likeness (QED) is 0.554. The summed E-state index contributed by atoms with van der Waals surface area (Å²) in [6.07, 6.45) is 1.31. The van der Waals surface area contributed by atoms with E-state index in [0.29, 0.717) is 38.5 Å². The molecule has 1 atom stereocenters. The maximum absolute atomic E-state index is 12.0. The van der Waals surface area contributed by atoms with E-state index >= 15 is 0 Å². The van der Waals surface area contributed by atoms with Crippen molar-refractivity contribution in [2.45, 2.75) is 13.0 Å². The summed E-state index contributed by atoms with van der Waals surface area (Å²) in [5.41, 5.74) is 0. The smallest absolute Gasteiger partial charge is 0.328 e. The molecular weight excluding hydrogens is 282 g/mol. The summed E-state index contributed by atoms with van der Waals surface area (Å²) >= 11 is 0. The van der Waals surface area contributed by atoms with Crippen molar-refractivity contribution in [1.29, 1.82) is 0 Å². The Kier molecular flexibility index (Phi) is 6.34. The number of morpholine rings is 1. The maximum atomic E-state index is 12.0. The molecule has 1 aliphatic rings. The number of rotatable bonds is 4. The van der Waals surface area contributed by atoms with E-state index in [1.807, 2.05) is 5.32 Å². The number of carbonyl (C=O) groups is 4. The fraction of sp³-hybridized carbons (Fsp3) is 0.500. The van der Waals surface area contributed by atoms with E-state index in [9.17, 15) is 19.2 Å². The fourth-order valence-corrected chi connectivity index (χ4v) is 1.65. The number of hydrogen-bond donors (Lipinski definition) is 3. The van der Waals surface area contributed by atoms with Gasteiger partial charge in [0, 0.05) is 25.2 Å². The van der Waals surface area contributed by atoms with E-state index < -0.39 is 23.9 Å². The molecule has 0 aromatic carbocycles. The van der Waals surface area contributed by atoms with Gasteiger partial charge in [-0.25, -0.2) is 9.59 Å². The molecule has 3 N–H and O–H groups in total. The highest BCUT2D eigenvalue weighted by Gasteiger charge is 2.23. The zero-order valence-corrected chi connectivity index (χ0v) is 11.5. The van der Waals surface area contributed by atoms with Crippen LogP contribution in [0.15, 0.2) is 12.2 Å². The molecule has 1 aliphatic heterocycles. The number of urea groups is 1. The van der Waals surface area contributed by atoms with Crippen molar-refractivity contribution in [2.75, 3.05) is 26.3 Å². The molecule has 1 fully saturated rings. The Bertz CT molecular complexity index is 456. The van der Waals surface area contributed by atoms with Crippen molar-refractivity contribution >= 4 is 23.8 Å². The summed E-state index contributed by atoms with van der Waals surface area (Å²) in [4.78, 5) is 46.4. The van der Waals surface area contributed by atoms with E-state index in [4.69, 9.17) is 9.84 Å². The number of hydrogen-bond acceptors (Lipinski definition) is 5. The van der Waals surface area contributed by atoms with Gasteiger partial charge in [-0.1, -0.05) is 0 Å². The zero-order valence-electron chi connectivity index (χ0n) is 11.5. The minimum absolute atomic E-state index is 0.276. The van der Waals surface area contributed by atoms with Crippen LogP contribution in [0, 0.1) is 0 Å². The highest BCUT2D eigenvalue weighted by molar-refractivity contribution is 6.03. The number of ether oxygens (including phenoxy) is 1. The van der Waals surface area contributed by atoms with Gasteiger partial charge in [-0.2, -0.15) is 0 Å². The summed E-state index contributed by atoms with van der Waals surface area (Å²) < 4.78 is 5.12. The second-order valence-corrected chi connectivity index (χ2v) is 4.29. The van der Waals surface area contributed by atoms with Crippen LogP contribution in [0.4, 0.5) is 4.79 Å². The Labute approximate surface area is 120 Å². The van der Waals surface area contributed by atoms with Gasteiger partial charge in [0.1, 0.15) is 6.04 Å². The van der Waals surface area contributed by atoms with E-state index in [0.717, 1.165) is 0 Å². The molecule has 9 nitrogen and oxygen atoms in total. The first-order chi connectivity index (χ1) is 9.90. The molecule has 9 heteroatoms. The van der Waals surface area contributed by atoms with Crippen LogP contribution >= 0.6 is 0 Å². The second kappa shape index (κ2) is 8.00. The first-order valence-corrected chi connectivity index (χ1v) is 6.29. The number of carboxylic acid groups (broad SMARTS) is 1. The molecule has 0 bridgehead atoms. The summed E-state index contributed by atoms with van der Waals surface area (Å²) in [6.45, 7) is 3.29. The third-order valence-corrected chi connectivity index (χ3v) is 2.65. The topological polar surface area (TPSA) is 125 Å². The number of carboxylic acids is 1. The number of imide groups is 1. The lowest BCUT2D eigenvalue weighted by Gasteiger charge is -2.29. The summed E-state index contributed by atoms with van der Waals surface area (Å²) in [6, 6.07) is -1.68. The highest BCUT2D eigenvalue weighted by Crippen LogP contribution is 2.00. The SMILES string of the molecule is CC(NC(=O)NC(=O)/C=C/C(=O)O)C(=O)N1CCOCC1. The normalized spacial score (nSPS) is 16.3. The Morgan fingerprint density at radius 3 is 2.38 bits per heavy atom. The molecule has 1 heterocycles. The van der Waals surface area contributed by atoms with Crippen LogP contribution in [0.1, 0.15) is 6.92 Å². The molecule has 1 rings (SSSR count). The Morgan fingerprint density at radius 1 is 1.19 bits per heavy atom. The molecule has 4 amide bonds. The molecule has 1 unspecified atom stereocenters. The van der Waals surface area contributed by atoms with E-state index in [1.54, 1.807) is 4.90 Å². The summed E-state index contributed by atoms with van der Waals surface area (Å²) in [5.74, 6) is -2.47. The lowest BCUT2D eigenvalue weighted by atomic mass is 10.2. The molecular formula is C12H17N3O6. The lowest BCUT2D eigenvalue weighted by molar-refractivity contribution is -0.137. The zero-order chi connectivity index (χ0) is 15.8. The molecule has 21 heavy (non-hydrogen) atoms. The van der Waals surface area contributed by atoms with Crippen LogP contribution in [0.5, 0.6) is 0 Å². The van der Waals surface area contributed by atoms with Crippen molar-refractivity contribution in [1.82, 2.24) is 15.5 Å². The van der Waals surface area contributed by atoms with Gasteiger partial charge in [0.2, 0.25) is 5.91 Å². The van der Waals surface area contributed by atoms with Crippen molar-refractivity contribution in [3.05, 3.63) is 12.2 Å². The van der Waals surface area contributed by atoms with Gasteiger partial charge in [-0.05, 0) is 6.92 Å². The van der Waals surface area contributed by atoms with Crippen LogP contribution in [-0.4, -0.2) is 66.2 Å². The van der Waals surface area contributed by atoms with Gasteiger partial charge < -0.3 is 20.1 Å². The molecule has 116 valence electrons. The minimum atomic E-state index is -1.30. The third-order valence-electron chi connectivity index (χ3n) is 2.65. The minimum Gasteiger partial charge on any atom is -0.478 e. The lowest BCUT2D eigenvalue weighted by Crippen LogP contribution is -2.52. The van der Waals surface area contributed by atoms with Gasteiger partial charge >= 0.3 is 12.0 Å². The van der Waals surface area contributed by atoms with Crippen molar-refractivity contribution in [3.63, 3.8) is 0 Å². The number of amides is 4. The fourth-order valence-electron chi connectivity index (χ4n) is 1.65. The van der Waals surface area contributed by atoms with E-state index in [2.05, 4.69) is 5.32 Å². The monoisotopic (exact) mass is 299 g/mol. The van der Waals surface area contributed by atoms with Crippen LogP contribution in [0.2, 0.25) is 0 Å². The number of aliphatic carboxylic acids is 1. The standard InChI is InChI=1S/C12H17N3O6/c1-8(11(19)15-4-6-21-7-5-15)13-12(20)14-9(16)2-3-10(17)18/h2-3,8H,4-7H2,1H3,(H,17,18)(H2,13,14,16,20)/b3-2+. The first kappa shape index (κ1) is 16.6. The summed E-state index contributed by atoms with van der Waals surface area (Å²) in [5, 5.41) is 12.5. The maximum Gasteiger partial charge on any atom is 0.328 e. The van der Waals surface area contributed by atoms with Gasteiger partial charge in [0.05, 0.1) is 13.2 Å². The van der Waals surface area contributed by atoms with Crippen LogP contribution < -0.4 is 10.6 Å². The molecule has 1 saturated heterocycles. The third kappa shape index (κ3) is 6.04. The molecule has 0 aromatic rings. The predicted octanol–water partition coefficient (Wildman–Crippen LogP) is -1.30. The van der Waals surface area contributed by atoms with Gasteiger partial charge in [0.25, 0.3) is 5.91 Å². The van der Waals surface area contributed by atoms with Gasteiger partial charge in [0.15, 0.2) is 0 Å². The summed E-state index contributed by atoms with van der Waals surface area (Å²) in [7, 11) is 0. The van der Waals surface area contributed by atoms with E-state index in [-0.39, 0.29) is 5.91 Å². The van der Waals surface area contributed by atoms with Crippen LogP contribution in [0.3, 0.4) is 0 Å². The predicted molar refractivity (Wildman–Crippen MR) is 70.3 cm³/mol. The average Bonchev–Trinajstić information content (AvgIpc) is 2.45. The number of carbonyl (C=O) groups excluding carboxylic acids is 3. The molecule has 0 radical (unpaired) electrons. The van der Waals surface area contributed by atoms with Crippen molar-refractivity contribution in [3.8, 4) is 0 Å². The second-order valence-electron chi connectivity index (χ2n) is 4.29. The Morgan fingerprint density at radius 2 is 1.81 bits per heavy atom. The van der Waals surface area contributed by atoms with Gasteiger partial charge in [-0.3, -0.25) is 14.9 Å². The van der Waals surface area contributed by atoms with Crippen LogP contribution in [-0.2, 0) is 19.1 Å². The van der Waals surface area contributed by atoms with Gasteiger partial charge in [-0.15, -0.1) is 0 Å². The first-order valence-electron chi connectivity index (χ1n) is 6.29. The van der Waals surface area contributed by atoms with Crippen LogP contribution in [0.25, 0.3) is 0 Å². The molecule has 0 aliphatic carbocycles. The number of nitrogens with one attached hydrogen (secondary N) is 2. The molecule has 0 spiro atoms. The average molecular weight is 299 g/mol. The number of nitrogens with zero attached hydrogens (tertiary/aromatic N) is 1. The molecule has 0 saturated carbocycles. The largest absolute Gasteiger partial charge is 0.478 e. The Balaban J connectivity index is 2.40. The van der Waals surface area contributed by atoms with Crippen molar-refractivity contribution in [2.24, 2.45) is 0 Å². The van der Waals surface area contributed by atoms with E-state index in [1.165, 1.54) is 6.92 Å². The van der Waals surface area contributed by atoms with Crippen molar-refractivity contribution < 1.29 is 29.0 Å².